The first kappa shape index (κ1) is 16.1. The van der Waals surface area contributed by atoms with E-state index in [4.69, 9.17) is 16.0 Å². The number of hydrogen-bond acceptors (Lipinski definition) is 6. The molecule has 0 radical (unpaired) electrons. The minimum Gasteiger partial charge on any atom is -0.424 e. The van der Waals surface area contributed by atoms with Crippen LogP contribution in [-0.4, -0.2) is 24.8 Å². The van der Waals surface area contributed by atoms with Crippen LogP contribution in [0.15, 0.2) is 21.8 Å². The summed E-state index contributed by atoms with van der Waals surface area (Å²) < 4.78 is 45.2. The lowest BCUT2D eigenvalue weighted by Gasteiger charge is -2.08. The van der Waals surface area contributed by atoms with E-state index in [-0.39, 0.29) is 21.6 Å². The van der Waals surface area contributed by atoms with E-state index in [9.17, 15) is 13.2 Å². The Bertz CT molecular complexity index is 847. The summed E-state index contributed by atoms with van der Waals surface area (Å²) in [5.74, 6) is 1.12. The summed E-state index contributed by atoms with van der Waals surface area (Å²) >= 11 is 6.98. The highest BCUT2D eigenvalue weighted by Crippen LogP contribution is 2.33. The van der Waals surface area contributed by atoms with Crippen molar-refractivity contribution in [3.05, 3.63) is 34.6 Å². The summed E-state index contributed by atoms with van der Waals surface area (Å²) in [6.45, 7) is 1.87. The average molecular weight is 364 g/mol. The van der Waals surface area contributed by atoms with Crippen LogP contribution in [0.4, 0.5) is 13.2 Å². The molecular formula is C12H9ClF3N5OS. The number of aromatic nitrogens is 5. The predicted octanol–water partition coefficient (Wildman–Crippen LogP) is 3.64. The Hall–Kier alpha value is -1.81. The molecule has 0 unspecified atom stereocenters. The summed E-state index contributed by atoms with van der Waals surface area (Å²) in [4.78, 5) is 0. The number of pyridine rings is 1. The third-order valence-electron chi connectivity index (χ3n) is 2.89. The topological polar surface area (TPSA) is 69.1 Å². The number of hydrogen-bond donors (Lipinski definition) is 0. The van der Waals surface area contributed by atoms with Gasteiger partial charge in [0.2, 0.25) is 11.8 Å². The first-order valence-electron chi connectivity index (χ1n) is 6.44. The number of halogens is 4. The molecule has 0 aliphatic heterocycles. The Morgan fingerprint density at radius 1 is 1.22 bits per heavy atom. The molecule has 3 aromatic rings. The van der Waals surface area contributed by atoms with Crippen molar-refractivity contribution < 1.29 is 17.6 Å². The maximum atomic E-state index is 12.9. The van der Waals surface area contributed by atoms with Crippen LogP contribution in [0.2, 0.25) is 5.02 Å². The van der Waals surface area contributed by atoms with Gasteiger partial charge >= 0.3 is 6.18 Å². The fraction of sp³-hybridized carbons (Fsp3) is 0.333. The van der Waals surface area contributed by atoms with Gasteiger partial charge in [-0.25, -0.2) is 0 Å². The maximum Gasteiger partial charge on any atom is 0.417 e. The largest absolute Gasteiger partial charge is 0.424 e. The van der Waals surface area contributed by atoms with Crippen LogP contribution in [-0.2, 0) is 18.3 Å². The third-order valence-corrected chi connectivity index (χ3v) is 4.10. The minimum atomic E-state index is -4.51. The number of fused-ring (bicyclic) bond motifs is 1. The highest BCUT2D eigenvalue weighted by molar-refractivity contribution is 7.98. The van der Waals surface area contributed by atoms with Crippen LogP contribution >= 0.6 is 23.4 Å². The molecule has 3 rings (SSSR count). The van der Waals surface area contributed by atoms with E-state index in [1.807, 2.05) is 6.92 Å². The molecule has 11 heteroatoms. The highest BCUT2D eigenvalue weighted by Gasteiger charge is 2.32. The van der Waals surface area contributed by atoms with Crippen LogP contribution < -0.4 is 0 Å². The van der Waals surface area contributed by atoms with E-state index in [1.54, 1.807) is 0 Å². The van der Waals surface area contributed by atoms with Gasteiger partial charge in [0.1, 0.15) is 0 Å². The number of thioether (sulfide) groups is 1. The Kier molecular flexibility index (Phi) is 4.19. The normalized spacial score (nSPS) is 12.2. The lowest BCUT2D eigenvalue weighted by molar-refractivity contribution is -0.137. The van der Waals surface area contributed by atoms with Crippen LogP contribution in [0.25, 0.3) is 5.65 Å². The zero-order valence-corrected chi connectivity index (χ0v) is 13.2. The van der Waals surface area contributed by atoms with Crippen molar-refractivity contribution in [1.29, 1.82) is 0 Å². The number of aryl methyl sites for hydroxylation is 1. The molecule has 0 spiro atoms. The molecule has 0 saturated heterocycles. The van der Waals surface area contributed by atoms with Crippen molar-refractivity contribution in [1.82, 2.24) is 24.8 Å². The van der Waals surface area contributed by atoms with Gasteiger partial charge in [-0.15, -0.1) is 20.4 Å². The number of rotatable bonds is 4. The maximum absolute atomic E-state index is 12.9. The van der Waals surface area contributed by atoms with Gasteiger partial charge in [0.15, 0.2) is 10.8 Å². The van der Waals surface area contributed by atoms with E-state index in [1.165, 1.54) is 4.40 Å². The van der Waals surface area contributed by atoms with Gasteiger partial charge in [0, 0.05) is 12.6 Å². The zero-order valence-electron chi connectivity index (χ0n) is 11.6. The first-order chi connectivity index (χ1) is 10.9. The van der Waals surface area contributed by atoms with Crippen molar-refractivity contribution >= 4 is 29.0 Å². The Labute approximate surface area is 137 Å². The van der Waals surface area contributed by atoms with Gasteiger partial charge in [-0.2, -0.15) is 13.2 Å². The van der Waals surface area contributed by atoms with Crippen LogP contribution in [0, 0.1) is 0 Å². The van der Waals surface area contributed by atoms with Gasteiger partial charge in [-0.3, -0.25) is 4.40 Å². The van der Waals surface area contributed by atoms with Crippen molar-refractivity contribution in [2.45, 2.75) is 30.4 Å². The van der Waals surface area contributed by atoms with E-state index >= 15 is 0 Å². The minimum absolute atomic E-state index is 0.120. The van der Waals surface area contributed by atoms with Gasteiger partial charge < -0.3 is 4.42 Å². The van der Waals surface area contributed by atoms with Gasteiger partial charge in [0.05, 0.1) is 16.3 Å². The van der Waals surface area contributed by atoms with Crippen molar-refractivity contribution in [3.63, 3.8) is 0 Å². The molecule has 0 aliphatic rings. The molecule has 6 nitrogen and oxygen atoms in total. The molecule has 122 valence electrons. The first-order valence-corrected chi connectivity index (χ1v) is 7.80. The zero-order chi connectivity index (χ0) is 16.6. The third kappa shape index (κ3) is 3.27. The quantitative estimate of drug-likeness (QED) is 0.659. The van der Waals surface area contributed by atoms with Crippen molar-refractivity contribution in [3.8, 4) is 0 Å². The summed E-state index contributed by atoms with van der Waals surface area (Å²) in [5, 5.41) is 15.4. The second-order valence-electron chi connectivity index (χ2n) is 4.48. The van der Waals surface area contributed by atoms with E-state index in [2.05, 4.69) is 20.4 Å². The highest BCUT2D eigenvalue weighted by atomic mass is 35.5. The van der Waals surface area contributed by atoms with Gasteiger partial charge in [-0.1, -0.05) is 30.3 Å². The standard InChI is InChI=1S/C12H9ClF3N5OS/c1-2-8-17-18-9(22-8)5-23-11-20-19-10-7(13)3-6(4-21(10)11)12(14,15)16/h3-4H,2,5H2,1H3. The molecule has 3 heterocycles. The number of alkyl halides is 3. The van der Waals surface area contributed by atoms with Crippen LogP contribution in [0.1, 0.15) is 24.3 Å². The molecule has 0 amide bonds. The predicted molar refractivity (Wildman–Crippen MR) is 76.2 cm³/mol. The Balaban J connectivity index is 1.90. The monoisotopic (exact) mass is 363 g/mol. The summed E-state index contributed by atoms with van der Waals surface area (Å²) in [6, 6.07) is 0.825. The smallest absolute Gasteiger partial charge is 0.417 e. The van der Waals surface area contributed by atoms with Crippen molar-refractivity contribution in [2.24, 2.45) is 0 Å². The van der Waals surface area contributed by atoms with E-state index in [0.29, 0.717) is 18.2 Å². The molecular weight excluding hydrogens is 355 g/mol. The molecule has 23 heavy (non-hydrogen) atoms. The second-order valence-corrected chi connectivity index (χ2v) is 5.83. The Morgan fingerprint density at radius 3 is 2.61 bits per heavy atom. The molecule has 0 fully saturated rings. The number of nitrogens with zero attached hydrogens (tertiary/aromatic N) is 5. The summed E-state index contributed by atoms with van der Waals surface area (Å²) in [7, 11) is 0. The molecule has 0 atom stereocenters. The van der Waals surface area contributed by atoms with Crippen LogP contribution in [0.5, 0.6) is 0 Å². The summed E-state index contributed by atoms with van der Waals surface area (Å²) in [5.41, 5.74) is -0.718. The molecule has 0 saturated carbocycles. The van der Waals surface area contributed by atoms with Crippen molar-refractivity contribution in [2.75, 3.05) is 0 Å². The second kappa shape index (κ2) is 6.00. The fourth-order valence-corrected chi connectivity index (χ4v) is 2.80. The lowest BCUT2D eigenvalue weighted by Crippen LogP contribution is -2.07. The molecule has 0 N–H and O–H groups in total. The van der Waals surface area contributed by atoms with Gasteiger partial charge in [-0.05, 0) is 6.07 Å². The molecule has 3 aromatic heterocycles. The van der Waals surface area contributed by atoms with E-state index < -0.39 is 11.7 Å². The SMILES string of the molecule is CCc1nnc(CSc2nnc3c(Cl)cc(C(F)(F)F)cn23)o1. The molecule has 0 aliphatic carbocycles. The molecule has 0 aromatic carbocycles. The lowest BCUT2D eigenvalue weighted by atomic mass is 10.3. The summed E-state index contributed by atoms with van der Waals surface area (Å²) in [6.07, 6.45) is -2.99. The fourth-order valence-electron chi connectivity index (χ4n) is 1.80. The Morgan fingerprint density at radius 2 is 1.96 bits per heavy atom. The van der Waals surface area contributed by atoms with Gasteiger partial charge in [0.25, 0.3) is 0 Å². The van der Waals surface area contributed by atoms with E-state index in [0.717, 1.165) is 24.0 Å². The molecule has 0 bridgehead atoms. The average Bonchev–Trinajstić information content (AvgIpc) is 3.10. The van der Waals surface area contributed by atoms with Crippen LogP contribution in [0.3, 0.4) is 0 Å².